The highest BCUT2D eigenvalue weighted by molar-refractivity contribution is 14.2. The summed E-state index contributed by atoms with van der Waals surface area (Å²) in [5, 5.41) is 9.35. The zero-order valence-corrected chi connectivity index (χ0v) is 7.18. The van der Waals surface area contributed by atoms with Crippen molar-refractivity contribution in [1.82, 2.24) is 0 Å². The van der Waals surface area contributed by atoms with Crippen LogP contribution in [0.1, 0.15) is 19.8 Å². The molecule has 1 atom stereocenters. The van der Waals surface area contributed by atoms with Crippen LogP contribution in [0.15, 0.2) is 0 Å². The Bertz CT molecular complexity index is 107. The summed E-state index contributed by atoms with van der Waals surface area (Å²) in [4.78, 5) is 0. The third kappa shape index (κ3) is 1.82. The minimum Gasteiger partial charge on any atom is -0.386 e. The first-order chi connectivity index (χ1) is 3.71. The zero-order valence-electron chi connectivity index (χ0n) is 5.02. The van der Waals surface area contributed by atoms with Gasteiger partial charge in [0.1, 0.15) is 0 Å². The normalized spacial score (nSPS) is 38.8. The minimum atomic E-state index is -0.397. The van der Waals surface area contributed by atoms with Crippen LogP contribution in [0.2, 0.25) is 0 Å². The fraction of sp³-hybridized carbons (Fsp3) is 0.833. The van der Waals surface area contributed by atoms with Crippen molar-refractivity contribution in [1.29, 1.82) is 0 Å². The van der Waals surface area contributed by atoms with E-state index in [1.54, 1.807) is 0 Å². The SMILES string of the molecule is CC1(O)C=ICCC1. The lowest BCUT2D eigenvalue weighted by atomic mass is 10.0. The molecule has 0 fully saturated rings. The molecule has 1 heterocycles. The third-order valence-electron chi connectivity index (χ3n) is 1.24. The van der Waals surface area contributed by atoms with Gasteiger partial charge < -0.3 is 5.11 Å². The molecule has 48 valence electrons. The molecule has 0 aromatic rings. The molecule has 0 radical (unpaired) electrons. The summed E-state index contributed by atoms with van der Waals surface area (Å²) < 4.78 is 3.49. The second-order valence-electron chi connectivity index (χ2n) is 2.41. The number of alkyl halides is 1. The van der Waals surface area contributed by atoms with Crippen LogP contribution in [-0.4, -0.2) is 19.1 Å². The van der Waals surface area contributed by atoms with Gasteiger partial charge in [0, 0.05) is 0 Å². The van der Waals surface area contributed by atoms with Crippen molar-refractivity contribution in [3.63, 3.8) is 0 Å². The fourth-order valence-corrected chi connectivity index (χ4v) is 3.17. The van der Waals surface area contributed by atoms with Gasteiger partial charge in [-0.2, -0.15) is 0 Å². The van der Waals surface area contributed by atoms with Gasteiger partial charge in [0.15, 0.2) is 0 Å². The molecule has 0 saturated heterocycles. The van der Waals surface area contributed by atoms with Crippen molar-refractivity contribution in [2.45, 2.75) is 25.4 Å². The maximum atomic E-state index is 9.35. The van der Waals surface area contributed by atoms with Crippen LogP contribution >= 0.6 is 20.7 Å². The molecule has 1 aliphatic rings. The lowest BCUT2D eigenvalue weighted by molar-refractivity contribution is 0.129. The highest BCUT2D eigenvalue weighted by atomic mass is 127. The van der Waals surface area contributed by atoms with Gasteiger partial charge in [0.2, 0.25) is 0 Å². The van der Waals surface area contributed by atoms with Gasteiger partial charge in [-0.15, -0.1) is 20.7 Å². The molecule has 0 spiro atoms. The van der Waals surface area contributed by atoms with Gasteiger partial charge in [-0.3, -0.25) is 0 Å². The van der Waals surface area contributed by atoms with Gasteiger partial charge >= 0.3 is 0 Å². The van der Waals surface area contributed by atoms with Gasteiger partial charge in [0.05, 0.1) is 5.60 Å². The number of hydrogen-bond acceptors (Lipinski definition) is 1. The van der Waals surface area contributed by atoms with Gasteiger partial charge in [-0.25, -0.2) is 0 Å². The number of aliphatic hydroxyl groups is 1. The van der Waals surface area contributed by atoms with Crippen molar-refractivity contribution in [2.24, 2.45) is 0 Å². The first-order valence-electron chi connectivity index (χ1n) is 2.85. The monoisotopic (exact) mass is 226 g/mol. The summed E-state index contributed by atoms with van der Waals surface area (Å²) in [6.45, 7) is 1.91. The molecule has 1 nitrogen and oxygen atoms in total. The van der Waals surface area contributed by atoms with E-state index in [1.807, 2.05) is 6.92 Å². The van der Waals surface area contributed by atoms with E-state index in [0.29, 0.717) is 0 Å². The summed E-state index contributed by atoms with van der Waals surface area (Å²) in [5.41, 5.74) is -0.397. The van der Waals surface area contributed by atoms with Gasteiger partial charge in [0.25, 0.3) is 0 Å². The summed E-state index contributed by atoms with van der Waals surface area (Å²) >= 11 is 0.250. The van der Waals surface area contributed by atoms with Gasteiger partial charge in [-0.05, 0) is 28.2 Å². The Kier molecular flexibility index (Phi) is 2.03. The first kappa shape index (κ1) is 6.68. The van der Waals surface area contributed by atoms with Crippen LogP contribution in [0.4, 0.5) is 0 Å². The van der Waals surface area contributed by atoms with Crippen LogP contribution in [0.5, 0.6) is 0 Å². The Hall–Kier alpha value is 0.560. The second-order valence-corrected chi connectivity index (χ2v) is 5.00. The maximum absolute atomic E-state index is 9.35. The highest BCUT2D eigenvalue weighted by Crippen LogP contribution is 2.20. The maximum Gasteiger partial charge on any atom is 0.0852 e. The van der Waals surface area contributed by atoms with E-state index < -0.39 is 5.60 Å². The molecule has 8 heavy (non-hydrogen) atoms. The lowest BCUT2D eigenvalue weighted by Gasteiger charge is -2.20. The predicted octanol–water partition coefficient (Wildman–Crippen LogP) is 1.30. The van der Waals surface area contributed by atoms with E-state index in [1.165, 1.54) is 10.8 Å². The van der Waals surface area contributed by atoms with Crippen LogP contribution in [-0.2, 0) is 0 Å². The average Bonchev–Trinajstić information content (AvgIpc) is 1.65. The number of rotatable bonds is 0. The standard InChI is InChI=1S/C6H11IO/c1-6(8)3-2-4-7-5-6/h5,8H,2-4H2,1H3. The molecule has 0 bridgehead atoms. The van der Waals surface area contributed by atoms with E-state index in [4.69, 9.17) is 0 Å². The Balaban J connectivity index is 2.56. The van der Waals surface area contributed by atoms with Crippen LogP contribution in [0.3, 0.4) is 0 Å². The summed E-state index contributed by atoms with van der Waals surface area (Å²) in [5.74, 6) is 0. The van der Waals surface area contributed by atoms with Crippen LogP contribution < -0.4 is 0 Å². The van der Waals surface area contributed by atoms with Crippen LogP contribution in [0.25, 0.3) is 0 Å². The van der Waals surface area contributed by atoms with E-state index >= 15 is 0 Å². The van der Waals surface area contributed by atoms with Gasteiger partial charge in [-0.1, -0.05) is 0 Å². The Morgan fingerprint density at radius 1 is 1.75 bits per heavy atom. The van der Waals surface area contributed by atoms with E-state index in [-0.39, 0.29) is 20.7 Å². The summed E-state index contributed by atoms with van der Waals surface area (Å²) in [6.07, 6.45) is 2.21. The molecule has 1 aliphatic heterocycles. The molecule has 1 N–H and O–H groups in total. The molecule has 0 aromatic carbocycles. The molecule has 0 aliphatic carbocycles. The Labute approximate surface area is 59.8 Å². The van der Waals surface area contributed by atoms with Crippen molar-refractivity contribution in [3.05, 3.63) is 0 Å². The largest absolute Gasteiger partial charge is 0.386 e. The summed E-state index contributed by atoms with van der Waals surface area (Å²) in [7, 11) is 0. The fourth-order valence-electron chi connectivity index (χ4n) is 0.777. The van der Waals surface area contributed by atoms with Crippen molar-refractivity contribution < 1.29 is 5.11 Å². The van der Waals surface area contributed by atoms with Crippen LogP contribution in [0, 0.1) is 0 Å². The quantitative estimate of drug-likeness (QED) is 0.487. The molecule has 1 rings (SSSR count). The lowest BCUT2D eigenvalue weighted by Crippen LogP contribution is -2.26. The molecule has 0 saturated carbocycles. The second kappa shape index (κ2) is 2.43. The first-order valence-corrected chi connectivity index (χ1v) is 5.62. The topological polar surface area (TPSA) is 20.2 Å². The molecule has 2 heteroatoms. The smallest absolute Gasteiger partial charge is 0.0852 e. The Morgan fingerprint density at radius 2 is 2.50 bits per heavy atom. The zero-order chi connectivity index (χ0) is 6.04. The number of hydrogen-bond donors (Lipinski definition) is 1. The van der Waals surface area contributed by atoms with E-state index in [2.05, 4.69) is 4.01 Å². The van der Waals surface area contributed by atoms with Crippen molar-refractivity contribution in [3.8, 4) is 0 Å². The Morgan fingerprint density at radius 3 is 2.75 bits per heavy atom. The molecular formula is C6H11IO. The minimum absolute atomic E-state index is 0.250. The molecule has 0 amide bonds. The molecule has 1 unspecified atom stereocenters. The number of halogens is 1. The van der Waals surface area contributed by atoms with Crippen molar-refractivity contribution in [2.75, 3.05) is 4.43 Å². The highest BCUT2D eigenvalue weighted by Gasteiger charge is 2.17. The average molecular weight is 226 g/mol. The molecular weight excluding hydrogens is 215 g/mol. The predicted molar refractivity (Wildman–Crippen MR) is 44.8 cm³/mol. The molecule has 0 aromatic heterocycles. The third-order valence-corrected chi connectivity index (χ3v) is 4.41. The summed E-state index contributed by atoms with van der Waals surface area (Å²) in [6, 6.07) is 0. The van der Waals surface area contributed by atoms with E-state index in [0.717, 1.165) is 6.42 Å². The van der Waals surface area contributed by atoms with E-state index in [9.17, 15) is 5.11 Å². The van der Waals surface area contributed by atoms with Crippen molar-refractivity contribution >= 4 is 24.7 Å².